The Labute approximate surface area is 163 Å². The molecule has 28 heavy (non-hydrogen) atoms. The van der Waals surface area contributed by atoms with E-state index in [2.05, 4.69) is 10.3 Å². The maximum atomic E-state index is 13.4. The fraction of sp³-hybridized carbons (Fsp3) is 0.304. The number of halogens is 1. The van der Waals surface area contributed by atoms with Crippen molar-refractivity contribution in [2.45, 2.75) is 38.7 Å². The lowest BCUT2D eigenvalue weighted by Gasteiger charge is -2.11. The van der Waals surface area contributed by atoms with Crippen LogP contribution in [0.4, 0.5) is 10.1 Å². The number of carbonyl (C=O) groups is 1. The van der Waals surface area contributed by atoms with Gasteiger partial charge in [-0.3, -0.25) is 4.79 Å². The zero-order valence-corrected chi connectivity index (χ0v) is 15.7. The second-order valence-corrected chi connectivity index (χ2v) is 7.36. The van der Waals surface area contributed by atoms with Crippen molar-refractivity contribution in [3.63, 3.8) is 0 Å². The average molecular weight is 378 g/mol. The van der Waals surface area contributed by atoms with Gasteiger partial charge < -0.3 is 10.1 Å². The van der Waals surface area contributed by atoms with E-state index in [1.165, 1.54) is 25.0 Å². The lowest BCUT2D eigenvalue weighted by Crippen LogP contribution is -2.15. The first-order chi connectivity index (χ1) is 13.7. The number of pyridine rings is 1. The molecule has 0 spiro atoms. The maximum absolute atomic E-state index is 13.4. The Hall–Kier alpha value is -2.95. The molecule has 5 heteroatoms. The molecule has 0 atom stereocenters. The summed E-state index contributed by atoms with van der Waals surface area (Å²) in [5.41, 5.74) is 2.05. The van der Waals surface area contributed by atoms with Gasteiger partial charge in [0.15, 0.2) is 0 Å². The van der Waals surface area contributed by atoms with Crippen LogP contribution in [0.5, 0.6) is 5.75 Å². The van der Waals surface area contributed by atoms with Crippen LogP contribution in [0.25, 0.3) is 10.9 Å². The predicted octanol–water partition coefficient (Wildman–Crippen LogP) is 5.47. The molecule has 2 aromatic carbocycles. The van der Waals surface area contributed by atoms with Crippen molar-refractivity contribution in [2.75, 3.05) is 5.32 Å². The minimum atomic E-state index is -0.306. The molecule has 0 unspecified atom stereocenters. The van der Waals surface area contributed by atoms with E-state index in [1.807, 2.05) is 36.4 Å². The van der Waals surface area contributed by atoms with Crippen molar-refractivity contribution in [1.82, 2.24) is 4.98 Å². The highest BCUT2D eigenvalue weighted by molar-refractivity contribution is 5.91. The Balaban J connectivity index is 1.37. The molecule has 1 saturated carbocycles. The van der Waals surface area contributed by atoms with Crippen LogP contribution in [0.3, 0.4) is 0 Å². The van der Waals surface area contributed by atoms with Gasteiger partial charge >= 0.3 is 0 Å². The molecule has 1 N–H and O–H groups in total. The minimum Gasteiger partial charge on any atom is -0.487 e. The first-order valence-electron chi connectivity index (χ1n) is 9.74. The van der Waals surface area contributed by atoms with Gasteiger partial charge in [0.05, 0.1) is 11.2 Å². The Kier molecular flexibility index (Phi) is 5.51. The van der Waals surface area contributed by atoms with Crippen LogP contribution in [0.2, 0.25) is 0 Å². The number of hydrogen-bond donors (Lipinski definition) is 1. The number of ether oxygens (including phenoxy) is 1. The lowest BCUT2D eigenvalue weighted by molar-refractivity contribution is -0.117. The summed E-state index contributed by atoms with van der Waals surface area (Å²) in [6, 6.07) is 15.7. The third-order valence-corrected chi connectivity index (χ3v) is 5.17. The van der Waals surface area contributed by atoms with Crippen LogP contribution in [-0.2, 0) is 11.4 Å². The van der Waals surface area contributed by atoms with Crippen LogP contribution in [-0.4, -0.2) is 10.9 Å². The minimum absolute atomic E-state index is 0.0577. The molecular weight excluding hydrogens is 355 g/mol. The van der Waals surface area contributed by atoms with Gasteiger partial charge in [0.1, 0.15) is 18.2 Å². The third-order valence-electron chi connectivity index (χ3n) is 5.17. The van der Waals surface area contributed by atoms with E-state index >= 15 is 0 Å². The molecule has 1 aromatic heterocycles. The molecule has 3 aromatic rings. The SMILES string of the molecule is O=C(CC1CCCC1)Nc1cccc(OCc2ccc3ccc(F)cc3n2)c1. The molecule has 0 bridgehead atoms. The van der Waals surface area contributed by atoms with E-state index in [-0.39, 0.29) is 18.3 Å². The molecule has 1 aliphatic rings. The number of hydrogen-bond acceptors (Lipinski definition) is 3. The molecule has 4 nitrogen and oxygen atoms in total. The van der Waals surface area contributed by atoms with Gasteiger partial charge in [0, 0.05) is 29.6 Å². The van der Waals surface area contributed by atoms with Crippen molar-refractivity contribution >= 4 is 22.5 Å². The number of nitrogens with one attached hydrogen (secondary N) is 1. The van der Waals surface area contributed by atoms with E-state index in [4.69, 9.17) is 4.74 Å². The monoisotopic (exact) mass is 378 g/mol. The number of nitrogens with zero attached hydrogens (tertiary/aromatic N) is 1. The molecule has 4 rings (SSSR count). The van der Waals surface area contributed by atoms with Crippen LogP contribution in [0.15, 0.2) is 54.6 Å². The molecule has 0 aliphatic heterocycles. The largest absolute Gasteiger partial charge is 0.487 e. The topological polar surface area (TPSA) is 51.2 Å². The number of fused-ring (bicyclic) bond motifs is 1. The number of aromatic nitrogens is 1. The maximum Gasteiger partial charge on any atom is 0.224 e. The van der Waals surface area contributed by atoms with Gasteiger partial charge in [0.25, 0.3) is 0 Å². The third kappa shape index (κ3) is 4.66. The van der Waals surface area contributed by atoms with Crippen molar-refractivity contribution in [1.29, 1.82) is 0 Å². The zero-order valence-electron chi connectivity index (χ0n) is 15.7. The number of benzene rings is 2. The summed E-state index contributed by atoms with van der Waals surface area (Å²) in [6.07, 6.45) is 5.36. The summed E-state index contributed by atoms with van der Waals surface area (Å²) in [5, 5.41) is 3.85. The number of amides is 1. The summed E-state index contributed by atoms with van der Waals surface area (Å²) in [6.45, 7) is 0.270. The van der Waals surface area contributed by atoms with Crippen molar-refractivity contribution in [2.24, 2.45) is 5.92 Å². The van der Waals surface area contributed by atoms with Crippen molar-refractivity contribution in [3.05, 3.63) is 66.1 Å². The Morgan fingerprint density at radius 2 is 1.93 bits per heavy atom. The highest BCUT2D eigenvalue weighted by Gasteiger charge is 2.18. The molecule has 1 aliphatic carbocycles. The van der Waals surface area contributed by atoms with E-state index in [0.717, 1.165) is 23.9 Å². The van der Waals surface area contributed by atoms with Crippen LogP contribution in [0.1, 0.15) is 37.8 Å². The second-order valence-electron chi connectivity index (χ2n) is 7.36. The average Bonchev–Trinajstić information content (AvgIpc) is 3.19. The molecule has 144 valence electrons. The standard InChI is InChI=1S/C23H23FN2O2/c24-18-10-8-17-9-11-20(25-22(17)13-18)15-28-21-7-3-6-19(14-21)26-23(27)12-16-4-1-2-5-16/h3,6-11,13-14,16H,1-2,4-5,12,15H2,(H,26,27). The summed E-state index contributed by atoms with van der Waals surface area (Å²) in [5.74, 6) is 0.921. The highest BCUT2D eigenvalue weighted by atomic mass is 19.1. The predicted molar refractivity (Wildman–Crippen MR) is 108 cm³/mol. The molecule has 1 amide bonds. The number of carbonyl (C=O) groups excluding carboxylic acids is 1. The molecule has 0 saturated heterocycles. The van der Waals surface area contributed by atoms with Crippen LogP contribution < -0.4 is 10.1 Å². The van der Waals surface area contributed by atoms with E-state index in [1.54, 1.807) is 6.07 Å². The summed E-state index contributed by atoms with van der Waals surface area (Å²) >= 11 is 0. The van der Waals surface area contributed by atoms with Crippen LogP contribution in [0, 0.1) is 11.7 Å². The Bertz CT molecular complexity index is 983. The van der Waals surface area contributed by atoms with Crippen LogP contribution >= 0.6 is 0 Å². The van der Waals surface area contributed by atoms with Crippen molar-refractivity contribution in [3.8, 4) is 5.75 Å². The first-order valence-corrected chi connectivity index (χ1v) is 9.74. The first kappa shape index (κ1) is 18.4. The van der Waals surface area contributed by atoms with E-state index in [0.29, 0.717) is 29.3 Å². The van der Waals surface area contributed by atoms with Gasteiger partial charge in [-0.15, -0.1) is 0 Å². The summed E-state index contributed by atoms with van der Waals surface area (Å²) in [7, 11) is 0. The molecule has 0 radical (unpaired) electrons. The second kappa shape index (κ2) is 8.38. The smallest absolute Gasteiger partial charge is 0.224 e. The highest BCUT2D eigenvalue weighted by Crippen LogP contribution is 2.28. The van der Waals surface area contributed by atoms with E-state index in [9.17, 15) is 9.18 Å². The normalized spacial score (nSPS) is 14.3. The number of rotatable bonds is 6. The van der Waals surface area contributed by atoms with Gasteiger partial charge in [0.2, 0.25) is 5.91 Å². The Morgan fingerprint density at radius 1 is 1.11 bits per heavy atom. The summed E-state index contributed by atoms with van der Waals surface area (Å²) < 4.78 is 19.2. The van der Waals surface area contributed by atoms with Gasteiger partial charge in [-0.25, -0.2) is 9.37 Å². The zero-order chi connectivity index (χ0) is 19.3. The van der Waals surface area contributed by atoms with Gasteiger partial charge in [-0.2, -0.15) is 0 Å². The van der Waals surface area contributed by atoms with Gasteiger partial charge in [-0.1, -0.05) is 25.0 Å². The molecule has 1 heterocycles. The van der Waals surface area contributed by atoms with Gasteiger partial charge in [-0.05, 0) is 49.1 Å². The lowest BCUT2D eigenvalue weighted by atomic mass is 10.0. The Morgan fingerprint density at radius 3 is 2.79 bits per heavy atom. The fourth-order valence-corrected chi connectivity index (χ4v) is 3.72. The van der Waals surface area contributed by atoms with E-state index < -0.39 is 0 Å². The number of anilines is 1. The van der Waals surface area contributed by atoms with Crippen molar-refractivity contribution < 1.29 is 13.9 Å². The molecular formula is C23H23FN2O2. The quantitative estimate of drug-likeness (QED) is 0.619. The summed E-state index contributed by atoms with van der Waals surface area (Å²) in [4.78, 5) is 16.7. The molecule has 1 fully saturated rings. The fourth-order valence-electron chi connectivity index (χ4n) is 3.72.